The SMILES string of the molecule is CN1CCc2cc([C@@H](CNC(=O)c3cc4ccccc4oc3=O)N3CCOCC3)ccc21. The fourth-order valence-electron chi connectivity index (χ4n) is 4.65. The summed E-state index contributed by atoms with van der Waals surface area (Å²) in [4.78, 5) is 29.9. The molecule has 1 fully saturated rings. The normalized spacial score (nSPS) is 17.3. The molecule has 0 radical (unpaired) electrons. The molecule has 1 aromatic heterocycles. The first kappa shape index (κ1) is 20.7. The first-order chi connectivity index (χ1) is 15.6. The van der Waals surface area contributed by atoms with E-state index in [0.717, 1.165) is 31.4 Å². The summed E-state index contributed by atoms with van der Waals surface area (Å²) in [6.07, 6.45) is 1.03. The fraction of sp³-hybridized carbons (Fsp3) is 0.360. The van der Waals surface area contributed by atoms with Crippen LogP contribution in [0.25, 0.3) is 11.0 Å². The van der Waals surface area contributed by atoms with E-state index in [-0.39, 0.29) is 11.6 Å². The molecule has 3 heterocycles. The van der Waals surface area contributed by atoms with Crippen LogP contribution in [0.3, 0.4) is 0 Å². The number of likely N-dealkylation sites (N-methyl/N-ethyl adjacent to an activating group) is 1. The van der Waals surface area contributed by atoms with Crippen LogP contribution in [0.2, 0.25) is 0 Å². The van der Waals surface area contributed by atoms with Gasteiger partial charge in [0.15, 0.2) is 0 Å². The van der Waals surface area contributed by atoms with Crippen LogP contribution < -0.4 is 15.8 Å². The number of rotatable bonds is 5. The van der Waals surface area contributed by atoms with Gasteiger partial charge in [0.25, 0.3) is 5.91 Å². The molecule has 1 atom stereocenters. The zero-order valence-corrected chi connectivity index (χ0v) is 18.2. The summed E-state index contributed by atoms with van der Waals surface area (Å²) in [5, 5.41) is 3.71. The van der Waals surface area contributed by atoms with Crippen molar-refractivity contribution in [2.75, 3.05) is 51.3 Å². The molecular formula is C25H27N3O4. The molecule has 0 bridgehead atoms. The Morgan fingerprint density at radius 1 is 1.09 bits per heavy atom. The van der Waals surface area contributed by atoms with Crippen molar-refractivity contribution >= 4 is 22.6 Å². The highest BCUT2D eigenvalue weighted by molar-refractivity contribution is 5.96. The standard InChI is InChI=1S/C25H27N3O4/c1-27-9-8-18-14-17(6-7-21(18)27)22(28-10-12-31-13-11-28)16-26-24(29)20-15-19-4-2-3-5-23(19)32-25(20)30/h2-7,14-15,22H,8-13,16H2,1H3,(H,26,29)/t22-/m1/s1. The summed E-state index contributed by atoms with van der Waals surface area (Å²) in [6.45, 7) is 4.37. The molecular weight excluding hydrogens is 406 g/mol. The third kappa shape index (κ3) is 4.01. The van der Waals surface area contributed by atoms with E-state index in [1.807, 2.05) is 12.1 Å². The van der Waals surface area contributed by atoms with Crippen LogP contribution in [0.15, 0.2) is 57.7 Å². The fourth-order valence-corrected chi connectivity index (χ4v) is 4.65. The van der Waals surface area contributed by atoms with Crippen LogP contribution in [0.1, 0.15) is 27.5 Å². The topological polar surface area (TPSA) is 75.0 Å². The number of morpholine rings is 1. The van der Waals surface area contributed by atoms with Crippen molar-refractivity contribution in [2.45, 2.75) is 12.5 Å². The molecule has 1 amide bonds. The summed E-state index contributed by atoms with van der Waals surface area (Å²) in [5.41, 5.74) is 3.66. The highest BCUT2D eigenvalue weighted by Crippen LogP contribution is 2.31. The zero-order valence-electron chi connectivity index (χ0n) is 18.2. The molecule has 0 aliphatic carbocycles. The second kappa shape index (κ2) is 8.76. The third-order valence-corrected chi connectivity index (χ3v) is 6.44. The van der Waals surface area contributed by atoms with Gasteiger partial charge in [0.1, 0.15) is 11.1 Å². The van der Waals surface area contributed by atoms with E-state index >= 15 is 0 Å². The Bertz CT molecular complexity index is 1200. The Kier molecular flexibility index (Phi) is 5.68. The van der Waals surface area contributed by atoms with Gasteiger partial charge in [-0.1, -0.05) is 30.3 Å². The Labute approximate surface area is 186 Å². The molecule has 0 unspecified atom stereocenters. The Balaban J connectivity index is 1.39. The maximum absolute atomic E-state index is 12.9. The van der Waals surface area contributed by atoms with Crippen molar-refractivity contribution in [2.24, 2.45) is 0 Å². The predicted octanol–water partition coefficient (Wildman–Crippen LogP) is 2.59. The van der Waals surface area contributed by atoms with Gasteiger partial charge in [0, 0.05) is 44.3 Å². The van der Waals surface area contributed by atoms with Crippen LogP contribution in [0.4, 0.5) is 5.69 Å². The van der Waals surface area contributed by atoms with Gasteiger partial charge < -0.3 is 19.4 Å². The minimum absolute atomic E-state index is 0.00607. The summed E-state index contributed by atoms with van der Waals surface area (Å²) in [5.74, 6) is -0.413. The molecule has 2 aliphatic rings. The summed E-state index contributed by atoms with van der Waals surface area (Å²) >= 11 is 0. The monoisotopic (exact) mass is 433 g/mol. The third-order valence-electron chi connectivity index (χ3n) is 6.44. The lowest BCUT2D eigenvalue weighted by atomic mass is 10.00. The van der Waals surface area contributed by atoms with Crippen molar-refractivity contribution in [3.8, 4) is 0 Å². The second-order valence-corrected chi connectivity index (χ2v) is 8.42. The number of fused-ring (bicyclic) bond motifs is 2. The van der Waals surface area contributed by atoms with Crippen molar-refractivity contribution in [1.82, 2.24) is 10.2 Å². The van der Waals surface area contributed by atoms with Gasteiger partial charge in [0.2, 0.25) is 0 Å². The van der Waals surface area contributed by atoms with Crippen LogP contribution >= 0.6 is 0 Å². The average molecular weight is 434 g/mol. The van der Waals surface area contributed by atoms with Gasteiger partial charge in [0.05, 0.1) is 19.3 Å². The first-order valence-corrected chi connectivity index (χ1v) is 11.1. The smallest absolute Gasteiger partial charge is 0.349 e. The van der Waals surface area contributed by atoms with Crippen LogP contribution in [0, 0.1) is 0 Å². The zero-order chi connectivity index (χ0) is 22.1. The molecule has 0 spiro atoms. The number of carbonyl (C=O) groups excluding carboxylic acids is 1. The molecule has 2 aromatic carbocycles. The van der Waals surface area contributed by atoms with Crippen molar-refractivity contribution in [1.29, 1.82) is 0 Å². The highest BCUT2D eigenvalue weighted by atomic mass is 16.5. The lowest BCUT2D eigenvalue weighted by molar-refractivity contribution is 0.0162. The molecule has 166 valence electrons. The number of ether oxygens (including phenoxy) is 1. The lowest BCUT2D eigenvalue weighted by Crippen LogP contribution is -2.44. The maximum Gasteiger partial charge on any atom is 0.349 e. The molecule has 7 heteroatoms. The van der Waals surface area contributed by atoms with E-state index in [0.29, 0.717) is 25.3 Å². The van der Waals surface area contributed by atoms with E-state index in [4.69, 9.17) is 9.15 Å². The predicted molar refractivity (Wildman–Crippen MR) is 123 cm³/mol. The number of hydrogen-bond donors (Lipinski definition) is 1. The maximum atomic E-state index is 12.9. The number of amides is 1. The number of benzene rings is 2. The molecule has 32 heavy (non-hydrogen) atoms. The average Bonchev–Trinajstić information content (AvgIpc) is 3.19. The van der Waals surface area contributed by atoms with Crippen molar-refractivity contribution in [3.63, 3.8) is 0 Å². The number of nitrogens with zero attached hydrogens (tertiary/aromatic N) is 2. The summed E-state index contributed by atoms with van der Waals surface area (Å²) < 4.78 is 10.9. The van der Waals surface area contributed by atoms with E-state index in [1.54, 1.807) is 18.2 Å². The van der Waals surface area contributed by atoms with Gasteiger partial charge in [-0.2, -0.15) is 0 Å². The number of nitrogens with one attached hydrogen (secondary N) is 1. The number of carbonyl (C=O) groups is 1. The van der Waals surface area contributed by atoms with Crippen molar-refractivity contribution < 1.29 is 13.9 Å². The number of anilines is 1. The van der Waals surface area contributed by atoms with Gasteiger partial charge >= 0.3 is 5.63 Å². The summed E-state index contributed by atoms with van der Waals surface area (Å²) in [7, 11) is 2.11. The lowest BCUT2D eigenvalue weighted by Gasteiger charge is -2.35. The van der Waals surface area contributed by atoms with Crippen LogP contribution in [-0.4, -0.2) is 57.2 Å². The van der Waals surface area contributed by atoms with E-state index in [2.05, 4.69) is 40.4 Å². The molecule has 3 aromatic rings. The quantitative estimate of drug-likeness (QED) is 0.624. The van der Waals surface area contributed by atoms with Gasteiger partial charge in [-0.3, -0.25) is 9.69 Å². The Morgan fingerprint density at radius 3 is 2.75 bits per heavy atom. The van der Waals surface area contributed by atoms with E-state index in [9.17, 15) is 9.59 Å². The first-order valence-electron chi connectivity index (χ1n) is 11.1. The molecule has 0 saturated carbocycles. The molecule has 7 nitrogen and oxygen atoms in total. The Hall–Kier alpha value is -3.16. The minimum Gasteiger partial charge on any atom is -0.422 e. The minimum atomic E-state index is -0.621. The van der Waals surface area contributed by atoms with Crippen LogP contribution in [-0.2, 0) is 11.2 Å². The molecule has 1 saturated heterocycles. The molecule has 5 rings (SSSR count). The largest absolute Gasteiger partial charge is 0.422 e. The van der Waals surface area contributed by atoms with E-state index in [1.165, 1.54) is 16.8 Å². The highest BCUT2D eigenvalue weighted by Gasteiger charge is 2.26. The second-order valence-electron chi connectivity index (χ2n) is 8.42. The van der Waals surface area contributed by atoms with Gasteiger partial charge in [-0.15, -0.1) is 0 Å². The van der Waals surface area contributed by atoms with E-state index < -0.39 is 11.5 Å². The van der Waals surface area contributed by atoms with Gasteiger partial charge in [-0.05, 0) is 35.7 Å². The molecule has 1 N–H and O–H groups in total. The Morgan fingerprint density at radius 2 is 1.91 bits per heavy atom. The van der Waals surface area contributed by atoms with Crippen molar-refractivity contribution in [3.05, 3.63) is 75.6 Å². The van der Waals surface area contributed by atoms with Crippen LogP contribution in [0.5, 0.6) is 0 Å². The van der Waals surface area contributed by atoms with Gasteiger partial charge in [-0.25, -0.2) is 4.79 Å². The molecule has 2 aliphatic heterocycles. The number of para-hydroxylation sites is 1. The summed E-state index contributed by atoms with van der Waals surface area (Å²) in [6, 6.07) is 15.4. The number of hydrogen-bond acceptors (Lipinski definition) is 6.